The molecule has 1 aliphatic carbocycles. The molecule has 2 atom stereocenters. The van der Waals surface area contributed by atoms with Crippen LogP contribution in [-0.2, 0) is 4.79 Å². The number of rotatable bonds is 5. The predicted octanol–water partition coefficient (Wildman–Crippen LogP) is 1.91. The van der Waals surface area contributed by atoms with Gasteiger partial charge in [0, 0.05) is 37.5 Å². The van der Waals surface area contributed by atoms with Gasteiger partial charge in [-0.1, -0.05) is 12.1 Å². The highest BCUT2D eigenvalue weighted by Crippen LogP contribution is 2.40. The average Bonchev–Trinajstić information content (AvgIpc) is 3.40. The molecule has 148 valence electrons. The van der Waals surface area contributed by atoms with E-state index in [1.807, 2.05) is 4.90 Å². The molecule has 4 rings (SSSR count). The Bertz CT molecular complexity index is 679. The normalized spacial score (nSPS) is 26.8. The molecule has 1 aromatic heterocycles. The Balaban J connectivity index is 1.26. The summed E-state index contributed by atoms with van der Waals surface area (Å²) >= 11 is 0. The van der Waals surface area contributed by atoms with Crippen molar-refractivity contribution in [1.29, 1.82) is 0 Å². The van der Waals surface area contributed by atoms with E-state index in [0.29, 0.717) is 37.0 Å². The van der Waals surface area contributed by atoms with Crippen molar-refractivity contribution in [3.8, 4) is 0 Å². The predicted molar refractivity (Wildman–Crippen MR) is 100 cm³/mol. The van der Waals surface area contributed by atoms with Crippen LogP contribution in [-0.4, -0.2) is 54.1 Å². The first-order valence-corrected chi connectivity index (χ1v) is 10.4. The molecule has 2 amide bonds. The summed E-state index contributed by atoms with van der Waals surface area (Å²) in [6, 6.07) is 1.84. The summed E-state index contributed by atoms with van der Waals surface area (Å²) in [7, 11) is 0. The molecule has 0 spiro atoms. The number of piperidine rings is 2. The zero-order valence-electron chi connectivity index (χ0n) is 16.1. The fourth-order valence-electron chi connectivity index (χ4n) is 4.25. The van der Waals surface area contributed by atoms with Crippen molar-refractivity contribution in [1.82, 2.24) is 20.7 Å². The quantitative estimate of drug-likeness (QED) is 0.822. The molecule has 0 bridgehead atoms. The number of hydrogen-bond acceptors (Lipinski definition) is 5. The van der Waals surface area contributed by atoms with Gasteiger partial charge in [-0.15, -0.1) is 0 Å². The summed E-state index contributed by atoms with van der Waals surface area (Å²) in [5, 5.41) is 10.4. The van der Waals surface area contributed by atoms with Gasteiger partial charge in [0.25, 0.3) is 5.91 Å². The van der Waals surface area contributed by atoms with Crippen molar-refractivity contribution < 1.29 is 14.1 Å². The monoisotopic (exact) mass is 374 g/mol. The molecule has 2 aliphatic heterocycles. The minimum atomic E-state index is -0.169. The van der Waals surface area contributed by atoms with Gasteiger partial charge in [-0.25, -0.2) is 0 Å². The van der Waals surface area contributed by atoms with Crippen LogP contribution >= 0.6 is 0 Å². The van der Waals surface area contributed by atoms with Gasteiger partial charge >= 0.3 is 0 Å². The Kier molecular flexibility index (Phi) is 5.48. The van der Waals surface area contributed by atoms with Gasteiger partial charge in [0.1, 0.15) is 5.76 Å². The van der Waals surface area contributed by atoms with E-state index in [2.05, 4.69) is 22.7 Å². The van der Waals surface area contributed by atoms with Gasteiger partial charge < -0.3 is 20.1 Å². The van der Waals surface area contributed by atoms with Crippen molar-refractivity contribution in [2.24, 2.45) is 11.8 Å². The molecule has 0 unspecified atom stereocenters. The lowest BCUT2D eigenvalue weighted by molar-refractivity contribution is -0.134. The zero-order chi connectivity index (χ0) is 18.8. The molecule has 27 heavy (non-hydrogen) atoms. The molecule has 3 heterocycles. The van der Waals surface area contributed by atoms with Gasteiger partial charge in [-0.2, -0.15) is 0 Å². The number of aromatic nitrogens is 1. The van der Waals surface area contributed by atoms with Crippen LogP contribution in [0.3, 0.4) is 0 Å². The first kappa shape index (κ1) is 18.5. The van der Waals surface area contributed by atoms with E-state index < -0.39 is 0 Å². The lowest BCUT2D eigenvalue weighted by Crippen LogP contribution is -2.51. The Morgan fingerprint density at radius 3 is 2.74 bits per heavy atom. The maximum Gasteiger partial charge on any atom is 0.273 e. The summed E-state index contributed by atoms with van der Waals surface area (Å²) in [6.45, 7) is 5.57. The van der Waals surface area contributed by atoms with Crippen molar-refractivity contribution in [2.45, 2.75) is 57.4 Å². The van der Waals surface area contributed by atoms with Crippen LogP contribution in [0, 0.1) is 11.8 Å². The summed E-state index contributed by atoms with van der Waals surface area (Å²) < 4.78 is 5.28. The minimum Gasteiger partial charge on any atom is -0.360 e. The standard InChI is InChI=1S/C20H30N4O3/c1-13-12-24(19(25)10-14-4-7-21-8-5-14)9-6-16(13)22-20(26)17-11-18(27-23-17)15-2-3-15/h11,13-16,21H,2-10,12H2,1H3,(H,22,26)/t13-,16-/m1/s1. The Hall–Kier alpha value is -1.89. The molecule has 2 saturated heterocycles. The Morgan fingerprint density at radius 2 is 2.04 bits per heavy atom. The zero-order valence-corrected chi connectivity index (χ0v) is 16.1. The summed E-state index contributed by atoms with van der Waals surface area (Å²) in [5.74, 6) is 2.12. The molecule has 7 heteroatoms. The fraction of sp³-hybridized carbons (Fsp3) is 0.750. The number of carbonyl (C=O) groups excluding carboxylic acids is 2. The van der Waals surface area contributed by atoms with E-state index >= 15 is 0 Å². The third-order valence-corrected chi connectivity index (χ3v) is 6.24. The summed E-state index contributed by atoms with van der Waals surface area (Å²) in [5.41, 5.74) is 0.369. The molecule has 0 radical (unpaired) electrons. The molecular weight excluding hydrogens is 344 g/mol. The van der Waals surface area contributed by atoms with Crippen LogP contribution in [0.25, 0.3) is 0 Å². The van der Waals surface area contributed by atoms with Gasteiger partial charge in [0.2, 0.25) is 5.91 Å². The Labute approximate surface area is 160 Å². The molecule has 1 saturated carbocycles. The lowest BCUT2D eigenvalue weighted by atomic mass is 9.91. The van der Waals surface area contributed by atoms with E-state index in [0.717, 1.165) is 51.0 Å². The topological polar surface area (TPSA) is 87.5 Å². The van der Waals surface area contributed by atoms with Gasteiger partial charge in [-0.3, -0.25) is 9.59 Å². The summed E-state index contributed by atoms with van der Waals surface area (Å²) in [6.07, 6.45) is 5.88. The number of amides is 2. The van der Waals surface area contributed by atoms with Crippen molar-refractivity contribution in [3.05, 3.63) is 17.5 Å². The van der Waals surface area contributed by atoms with Crippen LogP contribution < -0.4 is 10.6 Å². The highest BCUT2D eigenvalue weighted by atomic mass is 16.5. The van der Waals surface area contributed by atoms with E-state index in [1.54, 1.807) is 6.07 Å². The molecule has 7 nitrogen and oxygen atoms in total. The number of nitrogens with one attached hydrogen (secondary N) is 2. The van der Waals surface area contributed by atoms with Gasteiger partial charge in [-0.05, 0) is 57.0 Å². The number of hydrogen-bond donors (Lipinski definition) is 2. The first-order valence-electron chi connectivity index (χ1n) is 10.4. The SMILES string of the molecule is C[C@@H]1CN(C(=O)CC2CCNCC2)CC[C@H]1NC(=O)c1cc(C2CC2)on1. The van der Waals surface area contributed by atoms with Crippen molar-refractivity contribution in [3.63, 3.8) is 0 Å². The van der Waals surface area contributed by atoms with Gasteiger partial charge in [0.15, 0.2) is 5.69 Å². The van der Waals surface area contributed by atoms with Crippen LogP contribution in [0.1, 0.15) is 67.6 Å². The van der Waals surface area contributed by atoms with Crippen LogP contribution in [0.15, 0.2) is 10.6 Å². The molecule has 2 N–H and O–H groups in total. The number of likely N-dealkylation sites (tertiary alicyclic amines) is 1. The molecule has 3 aliphatic rings. The van der Waals surface area contributed by atoms with Crippen LogP contribution in [0.4, 0.5) is 0 Å². The molecule has 0 aromatic carbocycles. The molecular formula is C20H30N4O3. The Morgan fingerprint density at radius 1 is 1.26 bits per heavy atom. The van der Waals surface area contributed by atoms with E-state index in [1.165, 1.54) is 0 Å². The highest BCUT2D eigenvalue weighted by Gasteiger charge is 2.32. The third-order valence-electron chi connectivity index (χ3n) is 6.24. The van der Waals surface area contributed by atoms with Crippen LogP contribution in [0.2, 0.25) is 0 Å². The van der Waals surface area contributed by atoms with Crippen molar-refractivity contribution >= 4 is 11.8 Å². The van der Waals surface area contributed by atoms with Crippen molar-refractivity contribution in [2.75, 3.05) is 26.2 Å². The van der Waals surface area contributed by atoms with E-state index in [4.69, 9.17) is 4.52 Å². The third kappa shape index (κ3) is 4.51. The largest absolute Gasteiger partial charge is 0.360 e. The fourth-order valence-corrected chi connectivity index (χ4v) is 4.25. The lowest BCUT2D eigenvalue weighted by Gasteiger charge is -2.38. The maximum absolute atomic E-state index is 12.6. The first-order chi connectivity index (χ1) is 13.1. The summed E-state index contributed by atoms with van der Waals surface area (Å²) in [4.78, 5) is 27.1. The second-order valence-electron chi connectivity index (χ2n) is 8.47. The van der Waals surface area contributed by atoms with Crippen LogP contribution in [0.5, 0.6) is 0 Å². The second kappa shape index (κ2) is 8.00. The minimum absolute atomic E-state index is 0.0708. The second-order valence-corrected chi connectivity index (χ2v) is 8.47. The molecule has 3 fully saturated rings. The highest BCUT2D eigenvalue weighted by molar-refractivity contribution is 5.92. The van der Waals surface area contributed by atoms with E-state index in [-0.39, 0.29) is 23.8 Å². The van der Waals surface area contributed by atoms with Gasteiger partial charge in [0.05, 0.1) is 0 Å². The number of carbonyl (C=O) groups is 2. The number of nitrogens with zero attached hydrogens (tertiary/aromatic N) is 2. The maximum atomic E-state index is 12.6. The van der Waals surface area contributed by atoms with E-state index in [9.17, 15) is 9.59 Å². The molecule has 1 aromatic rings. The smallest absolute Gasteiger partial charge is 0.273 e. The average molecular weight is 374 g/mol.